The number of nitrogens with zero attached hydrogens (tertiary/aromatic N) is 3. The van der Waals surface area contributed by atoms with Crippen LogP contribution in [-0.4, -0.2) is 29.0 Å². The summed E-state index contributed by atoms with van der Waals surface area (Å²) in [6, 6.07) is 6.74. The summed E-state index contributed by atoms with van der Waals surface area (Å²) in [4.78, 5) is 27.0. The molecule has 1 aliphatic heterocycles. The zero-order valence-electron chi connectivity index (χ0n) is 17.6. The fourth-order valence-corrected chi connectivity index (χ4v) is 5.93. The molecule has 4 rings (SSSR count). The smallest absolute Gasteiger partial charge is 0.293 e. The molecule has 1 fully saturated rings. The Morgan fingerprint density at radius 2 is 2.12 bits per heavy atom. The molecule has 2 heterocycles. The topological polar surface area (TPSA) is 111 Å². The van der Waals surface area contributed by atoms with Gasteiger partial charge in [0.1, 0.15) is 16.8 Å². The van der Waals surface area contributed by atoms with Gasteiger partial charge in [0.15, 0.2) is 5.11 Å². The Kier molecular flexibility index (Phi) is 6.39. The molecule has 0 bridgehead atoms. The summed E-state index contributed by atoms with van der Waals surface area (Å²) >= 11 is 6.79. The number of rotatable bonds is 4. The van der Waals surface area contributed by atoms with Crippen molar-refractivity contribution >= 4 is 51.0 Å². The number of amides is 1. The lowest BCUT2D eigenvalue weighted by atomic mass is 9.89. The summed E-state index contributed by atoms with van der Waals surface area (Å²) in [5.41, 5.74) is 2.25. The van der Waals surface area contributed by atoms with Crippen molar-refractivity contribution in [2.45, 2.75) is 39.0 Å². The highest BCUT2D eigenvalue weighted by atomic mass is 32.1. The molecule has 2 aromatic rings. The van der Waals surface area contributed by atoms with E-state index < -0.39 is 10.8 Å². The Bertz CT molecular complexity index is 1130. The Labute approximate surface area is 195 Å². The van der Waals surface area contributed by atoms with Crippen LogP contribution < -0.4 is 15.5 Å². The van der Waals surface area contributed by atoms with Gasteiger partial charge in [0.2, 0.25) is 0 Å². The number of anilines is 2. The predicted molar refractivity (Wildman–Crippen MR) is 128 cm³/mol. The van der Waals surface area contributed by atoms with Crippen molar-refractivity contribution in [1.29, 1.82) is 5.26 Å². The first kappa shape index (κ1) is 22.2. The number of nitro groups is 1. The molecule has 0 spiro atoms. The molecule has 1 aromatic heterocycles. The van der Waals surface area contributed by atoms with Crippen LogP contribution in [0.25, 0.3) is 0 Å². The Morgan fingerprint density at radius 3 is 2.81 bits per heavy atom. The molecule has 0 saturated carbocycles. The maximum Gasteiger partial charge on any atom is 0.293 e. The summed E-state index contributed by atoms with van der Waals surface area (Å²) < 4.78 is 0. The van der Waals surface area contributed by atoms with E-state index in [1.165, 1.54) is 22.3 Å². The van der Waals surface area contributed by atoms with Gasteiger partial charge in [0, 0.05) is 29.6 Å². The first-order valence-electron chi connectivity index (χ1n) is 10.6. The summed E-state index contributed by atoms with van der Waals surface area (Å²) in [6.45, 7) is 3.73. The molecule has 2 aliphatic rings. The van der Waals surface area contributed by atoms with Gasteiger partial charge in [-0.15, -0.1) is 11.3 Å². The fraction of sp³-hybridized carbons (Fsp3) is 0.409. The maximum absolute atomic E-state index is 12.7. The number of benzene rings is 1. The molecule has 1 amide bonds. The molecule has 1 aromatic carbocycles. The highest BCUT2D eigenvalue weighted by Crippen LogP contribution is 2.39. The van der Waals surface area contributed by atoms with Crippen LogP contribution in [0.3, 0.4) is 0 Å². The van der Waals surface area contributed by atoms with E-state index in [1.807, 2.05) is 4.90 Å². The largest absolute Gasteiger partial charge is 0.366 e. The van der Waals surface area contributed by atoms with E-state index in [4.69, 9.17) is 12.2 Å². The molecule has 0 radical (unpaired) electrons. The van der Waals surface area contributed by atoms with Crippen LogP contribution in [0, 0.1) is 27.4 Å². The molecule has 1 unspecified atom stereocenters. The van der Waals surface area contributed by atoms with Gasteiger partial charge in [0.05, 0.1) is 10.5 Å². The molecule has 10 heteroatoms. The van der Waals surface area contributed by atoms with E-state index in [9.17, 15) is 20.2 Å². The molecule has 32 heavy (non-hydrogen) atoms. The van der Waals surface area contributed by atoms with E-state index in [2.05, 4.69) is 23.6 Å². The lowest BCUT2D eigenvalue weighted by molar-refractivity contribution is -0.384. The Morgan fingerprint density at radius 1 is 1.38 bits per heavy atom. The highest BCUT2D eigenvalue weighted by Gasteiger charge is 2.26. The average molecular weight is 470 g/mol. The maximum atomic E-state index is 12.7. The number of fused-ring (bicyclic) bond motifs is 1. The zero-order valence-corrected chi connectivity index (χ0v) is 19.3. The standard InChI is InChI=1S/C22H23N5O3S2/c1-13-4-6-15-16(12-23)21(32-19(15)10-13)25-22(31)24-20(28)14-5-7-17(18(11-14)27(29)30)26-8-2-3-9-26/h5,7,11,13H,2-4,6,8-10H2,1H3,(H2,24,25,28,31). The molecule has 2 N–H and O–H groups in total. The van der Waals surface area contributed by atoms with E-state index in [-0.39, 0.29) is 16.4 Å². The normalized spacial score (nSPS) is 17.4. The van der Waals surface area contributed by atoms with Gasteiger partial charge < -0.3 is 10.2 Å². The van der Waals surface area contributed by atoms with E-state index >= 15 is 0 Å². The second-order valence-electron chi connectivity index (χ2n) is 8.23. The van der Waals surface area contributed by atoms with Crippen LogP contribution in [0.2, 0.25) is 0 Å². The van der Waals surface area contributed by atoms with Crippen LogP contribution in [0.1, 0.15) is 52.5 Å². The number of hydrogen-bond donors (Lipinski definition) is 2. The number of thiocarbonyl (C=S) groups is 1. The van der Waals surface area contributed by atoms with Gasteiger partial charge in [-0.3, -0.25) is 20.2 Å². The van der Waals surface area contributed by atoms with Crippen molar-refractivity contribution < 1.29 is 9.72 Å². The number of carbonyl (C=O) groups is 1. The minimum Gasteiger partial charge on any atom is -0.366 e. The fourth-order valence-electron chi connectivity index (χ4n) is 4.30. The third-order valence-electron chi connectivity index (χ3n) is 5.96. The SMILES string of the molecule is CC1CCc2c(sc(NC(=S)NC(=O)c3ccc(N4CCCC4)c([N+](=O)[O-])c3)c2C#N)C1. The van der Waals surface area contributed by atoms with Crippen molar-refractivity contribution in [2.24, 2.45) is 5.92 Å². The van der Waals surface area contributed by atoms with Crippen LogP contribution in [0.5, 0.6) is 0 Å². The van der Waals surface area contributed by atoms with E-state index in [0.29, 0.717) is 22.2 Å². The van der Waals surface area contributed by atoms with Gasteiger partial charge in [-0.05, 0) is 67.9 Å². The van der Waals surface area contributed by atoms with Gasteiger partial charge in [-0.1, -0.05) is 6.92 Å². The minimum atomic E-state index is -0.535. The monoisotopic (exact) mass is 469 g/mol. The van der Waals surface area contributed by atoms with Crippen LogP contribution in [-0.2, 0) is 12.8 Å². The predicted octanol–water partition coefficient (Wildman–Crippen LogP) is 4.38. The number of carbonyl (C=O) groups excluding carboxylic acids is 1. The number of nitrogens with one attached hydrogen (secondary N) is 2. The quantitative estimate of drug-likeness (QED) is 0.388. The highest BCUT2D eigenvalue weighted by molar-refractivity contribution is 7.80. The summed E-state index contributed by atoms with van der Waals surface area (Å²) in [5.74, 6) is 0.0403. The number of nitriles is 1. The summed E-state index contributed by atoms with van der Waals surface area (Å²) in [6.07, 6.45) is 4.83. The van der Waals surface area contributed by atoms with Crippen molar-refractivity contribution in [3.8, 4) is 6.07 Å². The third-order valence-corrected chi connectivity index (χ3v) is 7.33. The molecule has 8 nitrogen and oxygen atoms in total. The van der Waals surface area contributed by atoms with Crippen molar-refractivity contribution in [3.63, 3.8) is 0 Å². The van der Waals surface area contributed by atoms with Gasteiger partial charge in [0.25, 0.3) is 11.6 Å². The number of nitro benzene ring substituents is 1. The first-order chi connectivity index (χ1) is 15.4. The Hall–Kier alpha value is -3.03. The second-order valence-corrected chi connectivity index (χ2v) is 9.74. The van der Waals surface area contributed by atoms with E-state index in [1.54, 1.807) is 12.1 Å². The third kappa shape index (κ3) is 4.45. The first-order valence-corrected chi connectivity index (χ1v) is 11.8. The minimum absolute atomic E-state index is 0.0596. The molecule has 1 saturated heterocycles. The molecule has 166 valence electrons. The summed E-state index contributed by atoms with van der Waals surface area (Å²) in [7, 11) is 0. The van der Waals surface area contributed by atoms with Crippen molar-refractivity contribution in [1.82, 2.24) is 5.32 Å². The lowest BCUT2D eigenvalue weighted by Crippen LogP contribution is -2.34. The molecule has 1 aliphatic carbocycles. The van der Waals surface area contributed by atoms with E-state index in [0.717, 1.165) is 50.8 Å². The zero-order chi connectivity index (χ0) is 22.8. The van der Waals surface area contributed by atoms with Gasteiger partial charge >= 0.3 is 0 Å². The van der Waals surface area contributed by atoms with Gasteiger partial charge in [-0.2, -0.15) is 5.26 Å². The molecule has 1 atom stereocenters. The van der Waals surface area contributed by atoms with Crippen LogP contribution in [0.4, 0.5) is 16.4 Å². The lowest BCUT2D eigenvalue weighted by Gasteiger charge is -2.18. The second kappa shape index (κ2) is 9.22. The average Bonchev–Trinajstić information content (AvgIpc) is 3.40. The summed E-state index contributed by atoms with van der Waals surface area (Å²) in [5, 5.41) is 27.5. The molecular formula is C22H23N5O3S2. The Balaban J connectivity index is 1.49. The van der Waals surface area contributed by atoms with Crippen molar-refractivity contribution in [2.75, 3.05) is 23.3 Å². The number of thiophene rings is 1. The molecular weight excluding hydrogens is 446 g/mol. The van der Waals surface area contributed by atoms with Crippen LogP contribution in [0.15, 0.2) is 18.2 Å². The van der Waals surface area contributed by atoms with Crippen molar-refractivity contribution in [3.05, 3.63) is 49.9 Å². The van der Waals surface area contributed by atoms with Crippen LogP contribution >= 0.6 is 23.6 Å². The van der Waals surface area contributed by atoms with Gasteiger partial charge in [-0.25, -0.2) is 0 Å². The number of hydrogen-bond acceptors (Lipinski definition) is 7.